The van der Waals surface area contributed by atoms with E-state index in [9.17, 15) is 9.59 Å². The molecule has 0 bridgehead atoms. The van der Waals surface area contributed by atoms with E-state index in [1.165, 1.54) is 0 Å². The van der Waals surface area contributed by atoms with E-state index in [2.05, 4.69) is 5.32 Å². The third-order valence-corrected chi connectivity index (χ3v) is 3.61. The molecular weight excluding hydrogens is 218 g/mol. The van der Waals surface area contributed by atoms with Crippen LogP contribution in [-0.4, -0.2) is 59.9 Å². The molecule has 98 valence electrons. The lowest BCUT2D eigenvalue weighted by Gasteiger charge is -2.47. The van der Waals surface area contributed by atoms with Crippen molar-refractivity contribution in [3.8, 4) is 0 Å². The summed E-state index contributed by atoms with van der Waals surface area (Å²) >= 11 is 0. The average Bonchev–Trinajstić information content (AvgIpc) is 2.25. The fourth-order valence-corrected chi connectivity index (χ4v) is 2.01. The van der Waals surface area contributed by atoms with Crippen LogP contribution in [0.2, 0.25) is 0 Å². The van der Waals surface area contributed by atoms with Crippen LogP contribution in [0.5, 0.6) is 0 Å². The first-order valence-corrected chi connectivity index (χ1v) is 5.91. The number of likely N-dealkylation sites (N-methyl/N-ethyl adjacent to an activating group) is 2. The first kappa shape index (κ1) is 14.0. The molecule has 5 heteroatoms. The van der Waals surface area contributed by atoms with Gasteiger partial charge in [0.05, 0.1) is 5.54 Å². The number of rotatable bonds is 2. The highest BCUT2D eigenvalue weighted by atomic mass is 16.2. The van der Waals surface area contributed by atoms with E-state index in [1.54, 1.807) is 37.7 Å². The number of carbonyl (C=O) groups is 2. The van der Waals surface area contributed by atoms with Crippen LogP contribution in [0, 0.1) is 0 Å². The molecule has 0 unspecified atom stereocenters. The highest BCUT2D eigenvalue weighted by Gasteiger charge is 2.46. The van der Waals surface area contributed by atoms with Crippen molar-refractivity contribution in [3.05, 3.63) is 0 Å². The van der Waals surface area contributed by atoms with Crippen molar-refractivity contribution in [3.63, 3.8) is 0 Å². The van der Waals surface area contributed by atoms with Crippen molar-refractivity contribution in [2.75, 3.05) is 27.2 Å². The van der Waals surface area contributed by atoms with Crippen LogP contribution in [0.4, 0.5) is 0 Å². The van der Waals surface area contributed by atoms with Gasteiger partial charge in [-0.2, -0.15) is 0 Å². The summed E-state index contributed by atoms with van der Waals surface area (Å²) in [5, 5.41) is 2.99. The minimum atomic E-state index is -0.766. The Bertz CT molecular complexity index is 337. The molecule has 1 heterocycles. The Morgan fingerprint density at radius 3 is 2.35 bits per heavy atom. The van der Waals surface area contributed by atoms with E-state index in [1.807, 2.05) is 13.8 Å². The number of piperazine rings is 1. The number of hydrogen-bond acceptors (Lipinski definition) is 3. The average molecular weight is 241 g/mol. The zero-order valence-corrected chi connectivity index (χ0v) is 11.6. The van der Waals surface area contributed by atoms with Gasteiger partial charge in [-0.05, 0) is 34.7 Å². The Kier molecular flexibility index (Phi) is 3.52. The minimum Gasteiger partial charge on any atom is -0.342 e. The summed E-state index contributed by atoms with van der Waals surface area (Å²) in [6.45, 7) is 8.43. The predicted octanol–water partition coefficient (Wildman–Crippen LogP) is 0.0636. The predicted molar refractivity (Wildman–Crippen MR) is 66.6 cm³/mol. The van der Waals surface area contributed by atoms with Gasteiger partial charge in [0.1, 0.15) is 5.54 Å². The van der Waals surface area contributed by atoms with E-state index in [-0.39, 0.29) is 11.8 Å². The van der Waals surface area contributed by atoms with Crippen LogP contribution >= 0.6 is 0 Å². The molecule has 1 N–H and O–H groups in total. The largest absolute Gasteiger partial charge is 0.342 e. The Labute approximate surface area is 103 Å². The van der Waals surface area contributed by atoms with Crippen molar-refractivity contribution < 1.29 is 9.59 Å². The molecule has 1 aliphatic heterocycles. The zero-order chi connectivity index (χ0) is 13.4. The summed E-state index contributed by atoms with van der Waals surface area (Å²) in [4.78, 5) is 27.8. The van der Waals surface area contributed by atoms with Gasteiger partial charge in [0.15, 0.2) is 0 Å². The van der Waals surface area contributed by atoms with E-state index < -0.39 is 11.1 Å². The van der Waals surface area contributed by atoms with Gasteiger partial charge in [0, 0.05) is 20.1 Å². The van der Waals surface area contributed by atoms with Crippen molar-refractivity contribution in [2.24, 2.45) is 0 Å². The molecule has 17 heavy (non-hydrogen) atoms. The fraction of sp³-hybridized carbons (Fsp3) is 0.833. The second-order valence-corrected chi connectivity index (χ2v) is 5.62. The topological polar surface area (TPSA) is 52.7 Å². The second kappa shape index (κ2) is 4.29. The number of nitrogens with one attached hydrogen (secondary N) is 1. The smallest absolute Gasteiger partial charge is 0.247 e. The number of hydrogen-bond donors (Lipinski definition) is 1. The van der Waals surface area contributed by atoms with Gasteiger partial charge in [-0.3, -0.25) is 9.59 Å². The van der Waals surface area contributed by atoms with E-state index in [0.717, 1.165) is 0 Å². The molecule has 2 amide bonds. The molecule has 1 fully saturated rings. The molecule has 0 aromatic carbocycles. The highest BCUT2D eigenvalue weighted by molar-refractivity contribution is 5.94. The van der Waals surface area contributed by atoms with Gasteiger partial charge in [-0.1, -0.05) is 0 Å². The Morgan fingerprint density at radius 2 is 1.88 bits per heavy atom. The van der Waals surface area contributed by atoms with Crippen LogP contribution in [0.15, 0.2) is 0 Å². The van der Waals surface area contributed by atoms with Crippen LogP contribution in [0.25, 0.3) is 0 Å². The monoisotopic (exact) mass is 241 g/mol. The van der Waals surface area contributed by atoms with E-state index in [0.29, 0.717) is 13.1 Å². The number of amides is 2. The standard InChI is InChI=1S/C12H23N3O2/c1-11(2,13-5)9(16)15-8-7-14(6)10(17)12(15,3)4/h13H,7-8H2,1-6H3. The molecule has 1 saturated heterocycles. The molecule has 0 saturated carbocycles. The second-order valence-electron chi connectivity index (χ2n) is 5.62. The summed E-state index contributed by atoms with van der Waals surface area (Å²) in [6.07, 6.45) is 0. The third kappa shape index (κ3) is 2.29. The third-order valence-electron chi connectivity index (χ3n) is 3.61. The van der Waals surface area contributed by atoms with Gasteiger partial charge in [-0.25, -0.2) is 0 Å². The molecule has 1 rings (SSSR count). The molecule has 0 aromatic rings. The maximum absolute atomic E-state index is 12.4. The van der Waals surface area contributed by atoms with E-state index >= 15 is 0 Å². The van der Waals surface area contributed by atoms with E-state index in [4.69, 9.17) is 0 Å². The number of carbonyl (C=O) groups excluding carboxylic acids is 2. The van der Waals surface area contributed by atoms with Gasteiger partial charge in [-0.15, -0.1) is 0 Å². The molecule has 0 atom stereocenters. The normalized spacial score (nSPS) is 20.7. The molecule has 0 spiro atoms. The van der Waals surface area contributed by atoms with Gasteiger partial charge in [0.25, 0.3) is 0 Å². The van der Waals surface area contributed by atoms with Crippen molar-refractivity contribution in [2.45, 2.75) is 38.8 Å². The summed E-state index contributed by atoms with van der Waals surface area (Å²) in [5.41, 5.74) is -1.41. The SMILES string of the molecule is CNC(C)(C)C(=O)N1CCN(C)C(=O)C1(C)C. The van der Waals surface area contributed by atoms with Gasteiger partial charge < -0.3 is 15.1 Å². The van der Waals surface area contributed by atoms with Crippen LogP contribution in [-0.2, 0) is 9.59 Å². The Hall–Kier alpha value is -1.10. The Morgan fingerprint density at radius 1 is 1.35 bits per heavy atom. The lowest BCUT2D eigenvalue weighted by molar-refractivity contribution is -0.160. The van der Waals surface area contributed by atoms with Crippen molar-refractivity contribution in [1.82, 2.24) is 15.1 Å². The molecule has 0 aliphatic carbocycles. The summed E-state index contributed by atoms with van der Waals surface area (Å²) in [7, 11) is 3.53. The Balaban J connectivity index is 3.00. The van der Waals surface area contributed by atoms with Crippen LogP contribution in [0.1, 0.15) is 27.7 Å². The van der Waals surface area contributed by atoms with Crippen LogP contribution < -0.4 is 5.32 Å². The molecule has 0 aromatic heterocycles. The van der Waals surface area contributed by atoms with Crippen LogP contribution in [0.3, 0.4) is 0 Å². The summed E-state index contributed by atoms with van der Waals surface area (Å²) in [6, 6.07) is 0. The lowest BCUT2D eigenvalue weighted by Crippen LogP contribution is -2.67. The zero-order valence-electron chi connectivity index (χ0n) is 11.6. The maximum atomic E-state index is 12.4. The maximum Gasteiger partial charge on any atom is 0.247 e. The lowest BCUT2D eigenvalue weighted by atomic mass is 9.93. The fourth-order valence-electron chi connectivity index (χ4n) is 2.01. The summed E-state index contributed by atoms with van der Waals surface area (Å²) < 4.78 is 0. The quantitative estimate of drug-likeness (QED) is 0.744. The highest BCUT2D eigenvalue weighted by Crippen LogP contribution is 2.24. The molecule has 5 nitrogen and oxygen atoms in total. The minimum absolute atomic E-state index is 0.0102. The molecule has 0 radical (unpaired) electrons. The first-order valence-electron chi connectivity index (χ1n) is 5.91. The number of nitrogens with zero attached hydrogens (tertiary/aromatic N) is 2. The first-order chi connectivity index (χ1) is 7.64. The molecular formula is C12H23N3O2. The van der Waals surface area contributed by atoms with Crippen molar-refractivity contribution >= 4 is 11.8 Å². The van der Waals surface area contributed by atoms with Gasteiger partial charge in [0.2, 0.25) is 11.8 Å². The summed E-state index contributed by atoms with van der Waals surface area (Å²) in [5.74, 6) is -0.0459. The van der Waals surface area contributed by atoms with Gasteiger partial charge >= 0.3 is 0 Å². The molecule has 1 aliphatic rings. The van der Waals surface area contributed by atoms with Crippen molar-refractivity contribution in [1.29, 1.82) is 0 Å².